The van der Waals surface area contributed by atoms with Crippen LogP contribution in [0.5, 0.6) is 23.0 Å². The molecule has 1 atom stereocenters. The number of aryl methyl sites for hydroxylation is 1. The van der Waals surface area contributed by atoms with E-state index in [0.717, 1.165) is 12.2 Å². The summed E-state index contributed by atoms with van der Waals surface area (Å²) < 4.78 is 22.3. The number of hydrogen-bond donors (Lipinski definition) is 3. The zero-order valence-electron chi connectivity index (χ0n) is 31.3. The number of esters is 3. The van der Waals surface area contributed by atoms with Crippen molar-refractivity contribution < 1.29 is 58.2 Å². The second-order valence-electron chi connectivity index (χ2n) is 13.0. The largest absolute Gasteiger partial charge is 0.507 e. The number of phenols is 1. The van der Waals surface area contributed by atoms with Gasteiger partial charge in [-0.1, -0.05) is 18.5 Å². The zero-order valence-corrected chi connectivity index (χ0v) is 32.1. The third kappa shape index (κ3) is 6.80. The van der Waals surface area contributed by atoms with Crippen molar-refractivity contribution in [3.05, 3.63) is 101 Å². The fourth-order valence-electron chi connectivity index (χ4n) is 6.53. The van der Waals surface area contributed by atoms with E-state index < -0.39 is 41.0 Å². The van der Waals surface area contributed by atoms with E-state index in [1.807, 2.05) is 6.92 Å². The van der Waals surface area contributed by atoms with Gasteiger partial charge in [0.05, 0.1) is 23.3 Å². The lowest BCUT2D eigenvalue weighted by Gasteiger charge is -2.30. The first-order valence-corrected chi connectivity index (χ1v) is 16.9. The lowest BCUT2D eigenvalue weighted by atomic mass is 9.87. The number of rotatable bonds is 9. The number of carboxylic acids is 1. The molecule has 0 aliphatic heterocycles. The van der Waals surface area contributed by atoms with Crippen molar-refractivity contribution in [2.45, 2.75) is 81.3 Å². The first-order valence-electron chi connectivity index (χ1n) is 16.5. The van der Waals surface area contributed by atoms with E-state index in [9.17, 15) is 39.3 Å². The standard InChI is InChI=1S/C40H41ClO12/c1-12-26-22(8)30(36(44)45)18(4)20(6)34(26)52-37(46)29-16(2)13-27(23(9)33(29)43)51-38(47)31-19(5)21(7)35(32(41)24(31)10)53-39(48)40(49)17(3)14-25(42)15-28(40)50-11/h13-15,43,49H,12H2,1-11H3,(H,44,45)/t40-/m1/s1. The molecule has 0 heterocycles. The van der Waals surface area contributed by atoms with Crippen LogP contribution in [0.15, 0.2) is 29.6 Å². The molecular weight excluding hydrogens is 708 g/mol. The number of ketones is 1. The quantitative estimate of drug-likeness (QED) is 0.152. The first kappa shape index (κ1) is 40.3. The second kappa shape index (κ2) is 14.9. The summed E-state index contributed by atoms with van der Waals surface area (Å²) >= 11 is 6.66. The van der Waals surface area contributed by atoms with Gasteiger partial charge in [-0.3, -0.25) is 4.79 Å². The fourth-order valence-corrected chi connectivity index (χ4v) is 6.81. The van der Waals surface area contributed by atoms with Crippen LogP contribution in [0.3, 0.4) is 0 Å². The Morgan fingerprint density at radius 2 is 1.30 bits per heavy atom. The zero-order chi connectivity index (χ0) is 40.0. The van der Waals surface area contributed by atoms with E-state index >= 15 is 0 Å². The molecule has 0 amide bonds. The Labute approximate surface area is 311 Å². The van der Waals surface area contributed by atoms with Crippen LogP contribution in [0.4, 0.5) is 0 Å². The van der Waals surface area contributed by atoms with Crippen molar-refractivity contribution in [1.29, 1.82) is 0 Å². The highest BCUT2D eigenvalue weighted by molar-refractivity contribution is 6.33. The van der Waals surface area contributed by atoms with Crippen LogP contribution >= 0.6 is 11.6 Å². The molecule has 0 aromatic heterocycles. The molecule has 280 valence electrons. The minimum Gasteiger partial charge on any atom is -0.507 e. The van der Waals surface area contributed by atoms with E-state index in [2.05, 4.69) is 0 Å². The molecule has 0 spiro atoms. The molecular formula is C40H41ClO12. The smallest absolute Gasteiger partial charge is 0.356 e. The predicted molar refractivity (Wildman–Crippen MR) is 195 cm³/mol. The number of ether oxygens (including phenoxy) is 4. The summed E-state index contributed by atoms with van der Waals surface area (Å²) in [5, 5.41) is 32.2. The number of carboxylic acid groups (broad SMARTS) is 1. The lowest BCUT2D eigenvalue weighted by molar-refractivity contribution is -0.151. The summed E-state index contributed by atoms with van der Waals surface area (Å²) in [6.07, 6.45) is 2.44. The molecule has 12 nitrogen and oxygen atoms in total. The van der Waals surface area contributed by atoms with Crippen LogP contribution < -0.4 is 14.2 Å². The van der Waals surface area contributed by atoms with E-state index in [0.29, 0.717) is 34.2 Å². The van der Waals surface area contributed by atoms with Crippen LogP contribution in [0.1, 0.15) is 95.0 Å². The predicted octanol–water partition coefficient (Wildman–Crippen LogP) is 6.91. The van der Waals surface area contributed by atoms with Crippen LogP contribution in [-0.4, -0.2) is 57.7 Å². The average Bonchev–Trinajstić information content (AvgIpc) is 3.08. The number of aromatic hydroxyl groups is 1. The number of carbonyl (C=O) groups excluding carboxylic acids is 4. The normalized spacial score (nSPS) is 15.4. The SMILES string of the molecule is CCc1c(C)c(C(=O)O)c(C)c(C)c1OC(=O)c1c(C)cc(OC(=O)c2c(C)c(C)c(OC(=O)[C@@]3(O)C(C)=CC(=O)C=C3OC)c(Cl)c2C)c(C)c1O. The number of halogens is 1. The van der Waals surface area contributed by atoms with Crippen molar-refractivity contribution >= 4 is 41.3 Å². The van der Waals surface area contributed by atoms with Gasteiger partial charge in [0.1, 0.15) is 28.6 Å². The lowest BCUT2D eigenvalue weighted by Crippen LogP contribution is -2.47. The maximum Gasteiger partial charge on any atom is 0.356 e. The van der Waals surface area contributed by atoms with Gasteiger partial charge in [-0.15, -0.1) is 0 Å². The molecule has 3 aromatic rings. The van der Waals surface area contributed by atoms with Crippen LogP contribution in [0.2, 0.25) is 5.02 Å². The summed E-state index contributed by atoms with van der Waals surface area (Å²) in [4.78, 5) is 64.6. The molecule has 0 radical (unpaired) electrons. The molecule has 1 aliphatic carbocycles. The molecule has 4 rings (SSSR count). The average molecular weight is 749 g/mol. The highest BCUT2D eigenvalue weighted by atomic mass is 35.5. The van der Waals surface area contributed by atoms with Crippen LogP contribution in [-0.2, 0) is 20.7 Å². The maximum atomic E-state index is 13.7. The fraction of sp³-hybridized carbons (Fsp3) is 0.325. The molecule has 3 aromatic carbocycles. The van der Waals surface area contributed by atoms with E-state index in [-0.39, 0.29) is 72.5 Å². The van der Waals surface area contributed by atoms with E-state index in [1.165, 1.54) is 40.9 Å². The summed E-state index contributed by atoms with van der Waals surface area (Å²) in [6, 6.07) is 1.41. The third-order valence-corrected chi connectivity index (χ3v) is 10.4. The molecule has 0 saturated heterocycles. The molecule has 0 bridgehead atoms. The Bertz CT molecular complexity index is 2180. The van der Waals surface area contributed by atoms with Crippen molar-refractivity contribution in [1.82, 2.24) is 0 Å². The molecule has 0 saturated carbocycles. The number of allylic oxidation sites excluding steroid dienone is 2. The number of phenolic OH excluding ortho intramolecular Hbond substituents is 1. The first-order chi connectivity index (χ1) is 24.6. The minimum atomic E-state index is -2.41. The van der Waals surface area contributed by atoms with Gasteiger partial charge in [0.15, 0.2) is 11.5 Å². The highest BCUT2D eigenvalue weighted by Crippen LogP contribution is 2.42. The van der Waals surface area contributed by atoms with Crippen molar-refractivity contribution in [3.8, 4) is 23.0 Å². The Kier molecular flexibility index (Phi) is 11.3. The highest BCUT2D eigenvalue weighted by Gasteiger charge is 2.48. The maximum absolute atomic E-state index is 13.7. The van der Waals surface area contributed by atoms with Crippen LogP contribution in [0, 0.1) is 55.4 Å². The Hall–Kier alpha value is -5.46. The van der Waals surface area contributed by atoms with Crippen LogP contribution in [0.25, 0.3) is 0 Å². The van der Waals surface area contributed by atoms with Crippen molar-refractivity contribution in [2.75, 3.05) is 7.11 Å². The van der Waals surface area contributed by atoms with Gasteiger partial charge in [-0.25, -0.2) is 19.2 Å². The van der Waals surface area contributed by atoms with Gasteiger partial charge in [-0.2, -0.15) is 0 Å². The molecule has 1 aliphatic rings. The summed E-state index contributed by atoms with van der Waals surface area (Å²) in [5.74, 6) is -5.29. The molecule has 53 heavy (non-hydrogen) atoms. The van der Waals surface area contributed by atoms with Gasteiger partial charge in [0.25, 0.3) is 0 Å². The summed E-state index contributed by atoms with van der Waals surface area (Å²) in [5.41, 5.74) is 0.607. The number of hydrogen-bond acceptors (Lipinski definition) is 11. The summed E-state index contributed by atoms with van der Waals surface area (Å²) in [7, 11) is 1.19. The van der Waals surface area contributed by atoms with Crippen molar-refractivity contribution in [2.24, 2.45) is 0 Å². The number of aromatic carboxylic acids is 1. The van der Waals surface area contributed by atoms with Crippen molar-refractivity contribution in [3.63, 3.8) is 0 Å². The minimum absolute atomic E-state index is 0.0251. The molecule has 3 N–H and O–H groups in total. The van der Waals surface area contributed by atoms with Gasteiger partial charge in [0, 0.05) is 11.6 Å². The molecule has 0 unspecified atom stereocenters. The third-order valence-electron chi connectivity index (χ3n) is 9.91. The van der Waals surface area contributed by atoms with Gasteiger partial charge in [0.2, 0.25) is 5.60 Å². The summed E-state index contributed by atoms with van der Waals surface area (Å²) in [6.45, 7) is 15.8. The second-order valence-corrected chi connectivity index (χ2v) is 13.3. The topological polar surface area (TPSA) is 183 Å². The van der Waals surface area contributed by atoms with Gasteiger partial charge in [-0.05, 0) is 131 Å². The van der Waals surface area contributed by atoms with E-state index in [4.69, 9.17) is 30.5 Å². The monoisotopic (exact) mass is 748 g/mol. The number of methoxy groups -OCH3 is 1. The number of benzene rings is 3. The Balaban J connectivity index is 1.67. The van der Waals surface area contributed by atoms with E-state index in [1.54, 1.807) is 34.6 Å². The number of aliphatic hydroxyl groups is 1. The molecule has 0 fully saturated rings. The Morgan fingerprint density at radius 1 is 0.736 bits per heavy atom. The van der Waals surface area contributed by atoms with Gasteiger partial charge < -0.3 is 34.3 Å². The Morgan fingerprint density at radius 3 is 1.87 bits per heavy atom. The molecule has 13 heteroatoms. The number of carbonyl (C=O) groups is 5. The van der Waals surface area contributed by atoms with Gasteiger partial charge >= 0.3 is 23.9 Å².